The third-order valence-electron chi connectivity index (χ3n) is 2.70. The van der Waals surface area contributed by atoms with Gasteiger partial charge in [-0.15, -0.1) is 0 Å². The molecule has 3 nitrogen and oxygen atoms in total. The molecule has 17 heavy (non-hydrogen) atoms. The van der Waals surface area contributed by atoms with E-state index in [0.29, 0.717) is 16.7 Å². The Morgan fingerprint density at radius 3 is 2.53 bits per heavy atom. The number of ether oxygens (including phenoxy) is 1. The van der Waals surface area contributed by atoms with Gasteiger partial charge in [0.15, 0.2) is 0 Å². The van der Waals surface area contributed by atoms with Crippen molar-refractivity contribution in [2.45, 2.75) is 18.9 Å². The highest BCUT2D eigenvalue weighted by Gasteiger charge is 2.23. The Morgan fingerprint density at radius 2 is 2.00 bits per heavy atom. The van der Waals surface area contributed by atoms with Gasteiger partial charge in [0.05, 0.1) is 6.61 Å². The van der Waals surface area contributed by atoms with Crippen molar-refractivity contribution in [2.24, 2.45) is 5.84 Å². The van der Waals surface area contributed by atoms with Gasteiger partial charge in [0, 0.05) is 15.6 Å². The maximum Gasteiger partial charge on any atom is 0.115 e. The molecule has 0 amide bonds. The SMILES string of the molecule is NNC(C1=CCCCO1)c1c(Cl)cccc1Cl. The molecule has 1 aromatic carbocycles. The molecule has 0 aliphatic carbocycles. The minimum Gasteiger partial charge on any atom is -0.496 e. The lowest BCUT2D eigenvalue weighted by Gasteiger charge is -2.24. The smallest absolute Gasteiger partial charge is 0.115 e. The molecule has 1 unspecified atom stereocenters. The molecular weight excluding hydrogens is 259 g/mol. The summed E-state index contributed by atoms with van der Waals surface area (Å²) in [7, 11) is 0. The summed E-state index contributed by atoms with van der Waals surface area (Å²) < 4.78 is 5.60. The highest BCUT2D eigenvalue weighted by Crippen LogP contribution is 2.35. The van der Waals surface area contributed by atoms with Gasteiger partial charge in [-0.3, -0.25) is 5.84 Å². The van der Waals surface area contributed by atoms with Crippen LogP contribution in [-0.2, 0) is 4.74 Å². The molecule has 0 saturated heterocycles. The van der Waals surface area contributed by atoms with E-state index in [-0.39, 0.29) is 6.04 Å². The van der Waals surface area contributed by atoms with E-state index >= 15 is 0 Å². The number of halogens is 2. The van der Waals surface area contributed by atoms with Gasteiger partial charge in [0.1, 0.15) is 11.8 Å². The zero-order valence-electron chi connectivity index (χ0n) is 9.25. The molecule has 2 rings (SSSR count). The van der Waals surface area contributed by atoms with E-state index in [0.717, 1.165) is 24.2 Å². The lowest BCUT2D eigenvalue weighted by molar-refractivity contribution is 0.168. The van der Waals surface area contributed by atoms with Crippen LogP contribution in [-0.4, -0.2) is 6.61 Å². The molecule has 0 aromatic heterocycles. The van der Waals surface area contributed by atoms with E-state index in [4.69, 9.17) is 33.8 Å². The molecule has 1 heterocycles. The second-order valence-corrected chi connectivity index (χ2v) is 4.65. The number of rotatable bonds is 3. The summed E-state index contributed by atoms with van der Waals surface area (Å²) in [6.07, 6.45) is 4.03. The van der Waals surface area contributed by atoms with Gasteiger partial charge >= 0.3 is 0 Å². The first-order chi connectivity index (χ1) is 8.24. The van der Waals surface area contributed by atoms with Gasteiger partial charge < -0.3 is 4.74 Å². The van der Waals surface area contributed by atoms with Crippen LogP contribution in [0.25, 0.3) is 0 Å². The van der Waals surface area contributed by atoms with Crippen LogP contribution < -0.4 is 11.3 Å². The van der Waals surface area contributed by atoms with Gasteiger partial charge in [-0.1, -0.05) is 29.3 Å². The fraction of sp³-hybridized carbons (Fsp3) is 0.333. The molecule has 1 aromatic rings. The monoisotopic (exact) mass is 272 g/mol. The van der Waals surface area contributed by atoms with E-state index in [1.807, 2.05) is 6.08 Å². The van der Waals surface area contributed by atoms with Crippen LogP contribution in [0.15, 0.2) is 30.0 Å². The number of hydrogen-bond acceptors (Lipinski definition) is 3. The number of nitrogens with one attached hydrogen (secondary N) is 1. The number of hydrazine groups is 1. The molecule has 0 fully saturated rings. The molecule has 1 atom stereocenters. The summed E-state index contributed by atoms with van der Waals surface area (Å²) in [4.78, 5) is 0. The average Bonchev–Trinajstić information content (AvgIpc) is 2.35. The number of nitrogens with two attached hydrogens (primary N) is 1. The van der Waals surface area contributed by atoms with Crippen LogP contribution >= 0.6 is 23.2 Å². The lowest BCUT2D eigenvalue weighted by Crippen LogP contribution is -2.31. The summed E-state index contributed by atoms with van der Waals surface area (Å²) in [6.45, 7) is 0.700. The van der Waals surface area contributed by atoms with Crippen LogP contribution in [0.5, 0.6) is 0 Å². The molecule has 0 bridgehead atoms. The zero-order valence-corrected chi connectivity index (χ0v) is 10.8. The second-order valence-electron chi connectivity index (χ2n) is 3.83. The predicted molar refractivity (Wildman–Crippen MR) is 69.8 cm³/mol. The number of allylic oxidation sites excluding steroid dienone is 1. The van der Waals surface area contributed by atoms with Crippen molar-refractivity contribution in [3.63, 3.8) is 0 Å². The van der Waals surface area contributed by atoms with Crippen molar-refractivity contribution < 1.29 is 4.74 Å². The summed E-state index contributed by atoms with van der Waals surface area (Å²) >= 11 is 12.3. The Hall–Kier alpha value is -0.740. The van der Waals surface area contributed by atoms with Crippen molar-refractivity contribution in [1.82, 2.24) is 5.43 Å². The molecule has 0 spiro atoms. The molecule has 0 radical (unpaired) electrons. The zero-order chi connectivity index (χ0) is 12.3. The standard InChI is InChI=1S/C12H14Cl2N2O/c13-8-4-3-5-9(14)11(8)12(16-15)10-6-1-2-7-17-10/h3-6,12,16H,1-2,7,15H2. The average molecular weight is 273 g/mol. The topological polar surface area (TPSA) is 47.3 Å². The molecule has 1 aliphatic rings. The van der Waals surface area contributed by atoms with Gasteiger partial charge in [0.2, 0.25) is 0 Å². The van der Waals surface area contributed by atoms with E-state index in [1.54, 1.807) is 18.2 Å². The maximum atomic E-state index is 6.16. The van der Waals surface area contributed by atoms with Crippen LogP contribution in [0.2, 0.25) is 10.0 Å². The molecule has 92 valence electrons. The summed E-state index contributed by atoms with van der Waals surface area (Å²) in [5.74, 6) is 6.37. The van der Waals surface area contributed by atoms with Crippen molar-refractivity contribution in [2.75, 3.05) is 6.61 Å². The summed E-state index contributed by atoms with van der Waals surface area (Å²) in [5.41, 5.74) is 3.46. The van der Waals surface area contributed by atoms with E-state index in [9.17, 15) is 0 Å². The number of benzene rings is 1. The molecule has 5 heteroatoms. The minimum absolute atomic E-state index is 0.295. The quantitative estimate of drug-likeness (QED) is 0.656. The first-order valence-corrected chi connectivity index (χ1v) is 6.22. The third-order valence-corrected chi connectivity index (χ3v) is 3.36. The maximum absolute atomic E-state index is 6.16. The van der Waals surface area contributed by atoms with Crippen LogP contribution in [0.1, 0.15) is 24.4 Å². The molecular formula is C12H14Cl2N2O. The van der Waals surface area contributed by atoms with Gasteiger partial charge in [-0.25, -0.2) is 5.43 Å². The van der Waals surface area contributed by atoms with E-state index < -0.39 is 0 Å². The van der Waals surface area contributed by atoms with Crippen molar-refractivity contribution in [3.05, 3.63) is 45.6 Å². The Kier molecular flexibility index (Phi) is 4.29. The lowest BCUT2D eigenvalue weighted by atomic mass is 10.0. The van der Waals surface area contributed by atoms with Gasteiger partial charge in [-0.05, 0) is 31.1 Å². The van der Waals surface area contributed by atoms with Crippen LogP contribution in [0.3, 0.4) is 0 Å². The summed E-state index contributed by atoms with van der Waals surface area (Å²) in [5, 5.41) is 1.16. The third kappa shape index (κ3) is 2.75. The first kappa shape index (κ1) is 12.7. The van der Waals surface area contributed by atoms with Crippen molar-refractivity contribution in [3.8, 4) is 0 Å². The fourth-order valence-electron chi connectivity index (χ4n) is 1.87. The van der Waals surface area contributed by atoms with E-state index in [2.05, 4.69) is 5.43 Å². The van der Waals surface area contributed by atoms with E-state index in [1.165, 1.54) is 0 Å². The fourth-order valence-corrected chi connectivity index (χ4v) is 2.49. The first-order valence-electron chi connectivity index (χ1n) is 5.47. The largest absolute Gasteiger partial charge is 0.496 e. The Balaban J connectivity index is 2.38. The minimum atomic E-state index is -0.295. The van der Waals surface area contributed by atoms with Gasteiger partial charge in [-0.2, -0.15) is 0 Å². The summed E-state index contributed by atoms with van der Waals surface area (Å²) in [6, 6.07) is 5.08. The molecule has 3 N–H and O–H groups in total. The molecule has 1 aliphatic heterocycles. The highest BCUT2D eigenvalue weighted by atomic mass is 35.5. The Bertz CT molecular complexity index is 414. The van der Waals surface area contributed by atoms with Crippen molar-refractivity contribution >= 4 is 23.2 Å². The predicted octanol–water partition coefficient (Wildman–Crippen LogP) is 3.19. The number of hydrogen-bond donors (Lipinski definition) is 2. The second kappa shape index (κ2) is 5.74. The highest BCUT2D eigenvalue weighted by molar-refractivity contribution is 6.36. The Labute approximate surface area is 111 Å². The normalized spacial score (nSPS) is 17.2. The van der Waals surface area contributed by atoms with Crippen LogP contribution in [0, 0.1) is 0 Å². The van der Waals surface area contributed by atoms with Crippen molar-refractivity contribution in [1.29, 1.82) is 0 Å². The Morgan fingerprint density at radius 1 is 1.29 bits per heavy atom. The molecule has 0 saturated carbocycles. The van der Waals surface area contributed by atoms with Crippen LogP contribution in [0.4, 0.5) is 0 Å². The van der Waals surface area contributed by atoms with Gasteiger partial charge in [0.25, 0.3) is 0 Å².